The molecule has 0 bridgehead atoms. The lowest BCUT2D eigenvalue weighted by molar-refractivity contribution is -0.384. The van der Waals surface area contributed by atoms with Crippen molar-refractivity contribution in [3.63, 3.8) is 0 Å². The molecule has 0 spiro atoms. The zero-order valence-corrected chi connectivity index (χ0v) is 15.0. The van der Waals surface area contributed by atoms with Crippen LogP contribution in [0.5, 0.6) is 5.75 Å². The summed E-state index contributed by atoms with van der Waals surface area (Å²) in [5, 5.41) is 28.9. The van der Waals surface area contributed by atoms with E-state index in [1.54, 1.807) is 24.1 Å². The number of nitrogens with zero attached hydrogens (tertiary/aromatic N) is 5. The van der Waals surface area contributed by atoms with Crippen LogP contribution >= 0.6 is 11.3 Å². The summed E-state index contributed by atoms with van der Waals surface area (Å²) < 4.78 is 6.88. The van der Waals surface area contributed by atoms with Crippen molar-refractivity contribution in [2.75, 3.05) is 12.4 Å². The molecule has 4 aromatic rings. The van der Waals surface area contributed by atoms with E-state index in [9.17, 15) is 10.1 Å². The number of nitrogens with one attached hydrogen (secondary N) is 1. The molecule has 4 rings (SSSR count). The van der Waals surface area contributed by atoms with Gasteiger partial charge in [0.1, 0.15) is 10.8 Å². The third kappa shape index (κ3) is 3.55. The Labute approximate surface area is 157 Å². The molecule has 0 unspecified atom stereocenters. The number of hydrogen-bond donors (Lipinski definition) is 1. The summed E-state index contributed by atoms with van der Waals surface area (Å²) in [6.07, 6.45) is 1.61. The van der Waals surface area contributed by atoms with E-state index in [2.05, 4.69) is 20.6 Å². The van der Waals surface area contributed by atoms with Gasteiger partial charge in [-0.3, -0.25) is 14.8 Å². The lowest BCUT2D eigenvalue weighted by Gasteiger charge is -2.03. The standard InChI is InChI=1S/C17H14N6O3S/c1-26-14-5-2-12(3-6-14)19-17-21-20-16(27-17)10-22-15-7-4-13(23(24)25)8-11(15)9-18-22/h2-9H,10H2,1H3,(H,19,21). The summed E-state index contributed by atoms with van der Waals surface area (Å²) in [5.74, 6) is 0.782. The Hall–Kier alpha value is -3.53. The number of methoxy groups -OCH3 is 1. The van der Waals surface area contributed by atoms with Crippen molar-refractivity contribution in [1.29, 1.82) is 0 Å². The Morgan fingerprint density at radius 3 is 2.78 bits per heavy atom. The summed E-state index contributed by atoms with van der Waals surface area (Å²) in [4.78, 5) is 10.5. The van der Waals surface area contributed by atoms with Gasteiger partial charge in [0.05, 0.1) is 30.3 Å². The molecule has 10 heteroatoms. The second-order valence-electron chi connectivity index (χ2n) is 5.66. The van der Waals surface area contributed by atoms with E-state index < -0.39 is 4.92 Å². The van der Waals surface area contributed by atoms with Crippen LogP contribution in [0, 0.1) is 10.1 Å². The van der Waals surface area contributed by atoms with Crippen molar-refractivity contribution in [1.82, 2.24) is 20.0 Å². The van der Waals surface area contributed by atoms with E-state index in [4.69, 9.17) is 4.74 Å². The Balaban J connectivity index is 1.50. The van der Waals surface area contributed by atoms with Crippen LogP contribution in [0.15, 0.2) is 48.7 Å². The summed E-state index contributed by atoms with van der Waals surface area (Å²) >= 11 is 1.42. The third-order valence-electron chi connectivity index (χ3n) is 3.93. The van der Waals surface area contributed by atoms with Crippen molar-refractivity contribution in [3.8, 4) is 5.75 Å². The summed E-state index contributed by atoms with van der Waals surface area (Å²) in [5.41, 5.74) is 1.74. The molecule has 9 nitrogen and oxygen atoms in total. The molecule has 0 amide bonds. The molecule has 0 fully saturated rings. The highest BCUT2D eigenvalue weighted by atomic mass is 32.1. The minimum absolute atomic E-state index is 0.0453. The first kappa shape index (κ1) is 16.9. The van der Waals surface area contributed by atoms with Gasteiger partial charge >= 0.3 is 0 Å². The Bertz CT molecular complexity index is 1110. The van der Waals surface area contributed by atoms with Crippen LogP contribution in [0.2, 0.25) is 0 Å². The van der Waals surface area contributed by atoms with Crippen LogP contribution in [-0.2, 0) is 6.54 Å². The highest BCUT2D eigenvalue weighted by Crippen LogP contribution is 2.25. The summed E-state index contributed by atoms with van der Waals surface area (Å²) in [6, 6.07) is 12.2. The number of hydrogen-bond acceptors (Lipinski definition) is 8. The molecule has 2 heterocycles. The number of aromatic nitrogens is 4. The van der Waals surface area contributed by atoms with Crippen molar-refractivity contribution in [3.05, 3.63) is 63.8 Å². The van der Waals surface area contributed by atoms with Crippen molar-refractivity contribution in [2.24, 2.45) is 0 Å². The van der Waals surface area contributed by atoms with Gasteiger partial charge in [-0.25, -0.2) is 0 Å². The number of benzene rings is 2. The topological polar surface area (TPSA) is 108 Å². The van der Waals surface area contributed by atoms with Crippen LogP contribution in [-0.4, -0.2) is 32.0 Å². The van der Waals surface area contributed by atoms with E-state index >= 15 is 0 Å². The van der Waals surface area contributed by atoms with Gasteiger partial charge in [-0.2, -0.15) is 5.10 Å². The molecule has 2 aromatic carbocycles. The Kier molecular flexibility index (Phi) is 4.38. The molecule has 1 N–H and O–H groups in total. The number of nitro benzene ring substituents is 1. The zero-order valence-electron chi connectivity index (χ0n) is 14.2. The molecule has 27 heavy (non-hydrogen) atoms. The van der Waals surface area contributed by atoms with Gasteiger partial charge in [0.25, 0.3) is 5.69 Å². The molecule has 0 saturated heterocycles. The average Bonchev–Trinajstić information content (AvgIpc) is 3.29. The van der Waals surface area contributed by atoms with Gasteiger partial charge in [-0.1, -0.05) is 11.3 Å². The van der Waals surface area contributed by atoms with Gasteiger partial charge in [0, 0.05) is 23.2 Å². The molecule has 2 aromatic heterocycles. The number of rotatable bonds is 6. The SMILES string of the molecule is COc1ccc(Nc2nnc(Cn3ncc4cc([N+](=O)[O-])ccc43)s2)cc1. The van der Waals surface area contributed by atoms with Crippen LogP contribution in [0.4, 0.5) is 16.5 Å². The molecular weight excluding hydrogens is 368 g/mol. The molecule has 0 aliphatic rings. The number of nitro groups is 1. The molecule has 0 aliphatic heterocycles. The maximum atomic E-state index is 10.9. The fraction of sp³-hybridized carbons (Fsp3) is 0.118. The number of anilines is 2. The normalized spacial score (nSPS) is 10.9. The highest BCUT2D eigenvalue weighted by Gasteiger charge is 2.12. The molecule has 0 aliphatic carbocycles. The number of non-ortho nitro benzene ring substituents is 1. The molecule has 0 radical (unpaired) electrons. The van der Waals surface area contributed by atoms with E-state index in [0.29, 0.717) is 17.1 Å². The maximum Gasteiger partial charge on any atom is 0.270 e. The zero-order chi connectivity index (χ0) is 18.8. The fourth-order valence-electron chi connectivity index (χ4n) is 2.61. The average molecular weight is 382 g/mol. The van der Waals surface area contributed by atoms with Crippen LogP contribution in [0.3, 0.4) is 0 Å². The predicted molar refractivity (Wildman–Crippen MR) is 102 cm³/mol. The van der Waals surface area contributed by atoms with Gasteiger partial charge in [0.2, 0.25) is 5.13 Å². The summed E-state index contributed by atoms with van der Waals surface area (Å²) in [6.45, 7) is 0.434. The van der Waals surface area contributed by atoms with Crippen LogP contribution in [0.1, 0.15) is 5.01 Å². The molecule has 0 saturated carbocycles. The monoisotopic (exact) mass is 382 g/mol. The molecule has 136 valence electrons. The fourth-order valence-corrected chi connectivity index (χ4v) is 3.35. The van der Waals surface area contributed by atoms with Gasteiger partial charge in [0.15, 0.2) is 0 Å². The van der Waals surface area contributed by atoms with Crippen LogP contribution in [0.25, 0.3) is 10.9 Å². The highest BCUT2D eigenvalue weighted by molar-refractivity contribution is 7.15. The second-order valence-corrected chi connectivity index (χ2v) is 6.72. The smallest absolute Gasteiger partial charge is 0.270 e. The van der Waals surface area contributed by atoms with Crippen LogP contribution < -0.4 is 10.1 Å². The minimum atomic E-state index is -0.418. The second kappa shape index (κ2) is 7.00. The minimum Gasteiger partial charge on any atom is -0.497 e. The van der Waals surface area contributed by atoms with Gasteiger partial charge < -0.3 is 10.1 Å². The first-order valence-corrected chi connectivity index (χ1v) is 8.77. The maximum absolute atomic E-state index is 10.9. The first-order chi connectivity index (χ1) is 13.1. The Morgan fingerprint density at radius 1 is 1.22 bits per heavy atom. The third-order valence-corrected chi connectivity index (χ3v) is 4.75. The van der Waals surface area contributed by atoms with Crippen molar-refractivity contribution < 1.29 is 9.66 Å². The largest absolute Gasteiger partial charge is 0.497 e. The molecular formula is C17H14N6O3S. The predicted octanol–water partition coefficient (Wildman–Crippen LogP) is 3.60. The van der Waals surface area contributed by atoms with Crippen molar-refractivity contribution >= 4 is 38.7 Å². The number of ether oxygens (including phenoxy) is 1. The Morgan fingerprint density at radius 2 is 2.04 bits per heavy atom. The molecule has 0 atom stereocenters. The lowest BCUT2D eigenvalue weighted by Crippen LogP contribution is -2.01. The van der Waals surface area contributed by atoms with E-state index in [1.165, 1.54) is 23.5 Å². The van der Waals surface area contributed by atoms with Crippen molar-refractivity contribution in [2.45, 2.75) is 6.54 Å². The quantitative estimate of drug-likeness (QED) is 0.401. The van der Waals surface area contributed by atoms with E-state index in [0.717, 1.165) is 22.0 Å². The van der Waals surface area contributed by atoms with Gasteiger partial charge in [-0.15, -0.1) is 10.2 Å². The first-order valence-electron chi connectivity index (χ1n) is 7.96. The van der Waals surface area contributed by atoms with E-state index in [1.807, 2.05) is 24.3 Å². The van der Waals surface area contributed by atoms with Gasteiger partial charge in [-0.05, 0) is 30.3 Å². The number of fused-ring (bicyclic) bond motifs is 1. The van der Waals surface area contributed by atoms with E-state index in [-0.39, 0.29) is 5.69 Å². The lowest BCUT2D eigenvalue weighted by atomic mass is 10.2. The summed E-state index contributed by atoms with van der Waals surface area (Å²) in [7, 11) is 1.62.